The molecular weight excluding hydrogens is 221 g/mol. The van der Waals surface area contributed by atoms with Crippen LogP contribution in [0.4, 0.5) is 4.39 Å². The second-order valence-corrected chi connectivity index (χ2v) is 3.80. The fraction of sp³-hybridized carbons (Fsp3) is 0.154. The number of nitrogens with zero attached hydrogens (tertiary/aromatic N) is 1. The van der Waals surface area contributed by atoms with Crippen molar-refractivity contribution in [2.45, 2.75) is 6.54 Å². The molecule has 0 saturated heterocycles. The van der Waals surface area contributed by atoms with Gasteiger partial charge in [0, 0.05) is 24.7 Å². The molecule has 0 unspecified atom stereocenters. The highest BCUT2D eigenvalue weighted by molar-refractivity contribution is 5.93. The summed E-state index contributed by atoms with van der Waals surface area (Å²) in [7, 11) is 1.67. The Morgan fingerprint density at radius 2 is 2.24 bits per heavy atom. The van der Waals surface area contributed by atoms with Crippen molar-refractivity contribution in [2.24, 2.45) is 0 Å². The minimum Gasteiger partial charge on any atom is -0.472 e. The summed E-state index contributed by atoms with van der Waals surface area (Å²) in [5.74, 6) is -0.627. The number of carbonyl (C=O) groups is 1. The van der Waals surface area contributed by atoms with E-state index in [9.17, 15) is 9.18 Å². The number of amides is 1. The van der Waals surface area contributed by atoms with E-state index in [1.54, 1.807) is 31.7 Å². The van der Waals surface area contributed by atoms with E-state index in [1.165, 1.54) is 23.1 Å². The molecule has 1 aromatic carbocycles. The number of halogens is 1. The summed E-state index contributed by atoms with van der Waals surface area (Å²) < 4.78 is 17.9. The van der Waals surface area contributed by atoms with Gasteiger partial charge in [-0.1, -0.05) is 6.07 Å². The number of benzene rings is 1. The number of carbonyl (C=O) groups excluding carboxylic acids is 1. The van der Waals surface area contributed by atoms with Crippen molar-refractivity contribution in [1.29, 1.82) is 0 Å². The zero-order valence-electron chi connectivity index (χ0n) is 9.39. The fourth-order valence-corrected chi connectivity index (χ4v) is 1.57. The smallest absolute Gasteiger partial charge is 0.254 e. The maximum Gasteiger partial charge on any atom is 0.254 e. The molecule has 17 heavy (non-hydrogen) atoms. The lowest BCUT2D eigenvalue weighted by molar-refractivity contribution is 0.0784. The standard InChI is InChI=1S/C13H12FNO2/c1-15(8-10-5-6-17-9-10)13(16)11-3-2-4-12(14)7-11/h2-7,9H,8H2,1H3. The summed E-state index contributed by atoms with van der Waals surface area (Å²) in [6.07, 6.45) is 3.13. The molecule has 2 aromatic rings. The summed E-state index contributed by atoms with van der Waals surface area (Å²) in [5, 5.41) is 0. The molecule has 3 nitrogen and oxygen atoms in total. The molecule has 0 N–H and O–H groups in total. The molecule has 0 saturated carbocycles. The first kappa shape index (κ1) is 11.4. The van der Waals surface area contributed by atoms with E-state index in [4.69, 9.17) is 4.42 Å². The van der Waals surface area contributed by atoms with Crippen molar-refractivity contribution < 1.29 is 13.6 Å². The lowest BCUT2D eigenvalue weighted by atomic mass is 10.2. The first-order chi connectivity index (χ1) is 8.16. The molecule has 88 valence electrons. The van der Waals surface area contributed by atoms with Crippen molar-refractivity contribution in [3.05, 3.63) is 59.8 Å². The zero-order chi connectivity index (χ0) is 12.3. The van der Waals surface area contributed by atoms with Crippen molar-refractivity contribution in [3.8, 4) is 0 Å². The molecule has 0 fully saturated rings. The van der Waals surface area contributed by atoms with Gasteiger partial charge in [0.2, 0.25) is 0 Å². The number of rotatable bonds is 3. The molecule has 1 amide bonds. The molecule has 0 aliphatic carbocycles. The highest BCUT2D eigenvalue weighted by Gasteiger charge is 2.12. The van der Waals surface area contributed by atoms with Gasteiger partial charge in [-0.2, -0.15) is 0 Å². The Balaban J connectivity index is 2.09. The van der Waals surface area contributed by atoms with Crippen LogP contribution in [0.15, 0.2) is 47.3 Å². The number of furan rings is 1. The lowest BCUT2D eigenvalue weighted by Gasteiger charge is -2.16. The molecule has 0 radical (unpaired) electrons. The third-order valence-corrected chi connectivity index (χ3v) is 2.42. The van der Waals surface area contributed by atoms with E-state index >= 15 is 0 Å². The van der Waals surface area contributed by atoms with Crippen LogP contribution in [0, 0.1) is 5.82 Å². The third kappa shape index (κ3) is 2.72. The minimum absolute atomic E-state index is 0.217. The quantitative estimate of drug-likeness (QED) is 0.816. The molecular formula is C13H12FNO2. The van der Waals surface area contributed by atoms with Gasteiger partial charge in [-0.25, -0.2) is 4.39 Å². The van der Waals surface area contributed by atoms with Gasteiger partial charge in [-0.05, 0) is 24.3 Å². The van der Waals surface area contributed by atoms with Crippen LogP contribution < -0.4 is 0 Å². The van der Waals surface area contributed by atoms with Crippen LogP contribution in [-0.4, -0.2) is 17.9 Å². The molecule has 0 spiro atoms. The Bertz CT molecular complexity index is 508. The second-order valence-electron chi connectivity index (χ2n) is 3.80. The van der Waals surface area contributed by atoms with Crippen LogP contribution in [0.3, 0.4) is 0 Å². The SMILES string of the molecule is CN(Cc1ccoc1)C(=O)c1cccc(F)c1. The lowest BCUT2D eigenvalue weighted by Crippen LogP contribution is -2.26. The van der Waals surface area contributed by atoms with Crippen LogP contribution in [-0.2, 0) is 6.54 Å². The summed E-state index contributed by atoms with van der Waals surface area (Å²) in [6, 6.07) is 7.45. The average molecular weight is 233 g/mol. The fourth-order valence-electron chi connectivity index (χ4n) is 1.57. The molecule has 0 bridgehead atoms. The Hall–Kier alpha value is -2.10. The molecule has 0 atom stereocenters. The van der Waals surface area contributed by atoms with E-state index in [1.807, 2.05) is 0 Å². The summed E-state index contributed by atoms with van der Waals surface area (Å²) in [4.78, 5) is 13.5. The minimum atomic E-state index is -0.410. The van der Waals surface area contributed by atoms with Gasteiger partial charge in [0.25, 0.3) is 5.91 Å². The Morgan fingerprint density at radius 1 is 1.41 bits per heavy atom. The average Bonchev–Trinajstić information content (AvgIpc) is 2.80. The predicted molar refractivity (Wildman–Crippen MR) is 60.9 cm³/mol. The molecule has 1 heterocycles. The number of hydrogen-bond donors (Lipinski definition) is 0. The molecule has 2 rings (SSSR count). The van der Waals surface area contributed by atoms with Gasteiger partial charge in [-0.3, -0.25) is 4.79 Å². The van der Waals surface area contributed by atoms with E-state index in [0.29, 0.717) is 12.1 Å². The largest absolute Gasteiger partial charge is 0.472 e. The van der Waals surface area contributed by atoms with Crippen molar-refractivity contribution in [1.82, 2.24) is 4.90 Å². The van der Waals surface area contributed by atoms with E-state index in [-0.39, 0.29) is 5.91 Å². The van der Waals surface area contributed by atoms with Crippen molar-refractivity contribution in [3.63, 3.8) is 0 Å². The van der Waals surface area contributed by atoms with Crippen LogP contribution in [0.25, 0.3) is 0 Å². The van der Waals surface area contributed by atoms with Crippen LogP contribution in [0.2, 0.25) is 0 Å². The van der Waals surface area contributed by atoms with E-state index < -0.39 is 5.82 Å². The predicted octanol–water partition coefficient (Wildman–Crippen LogP) is 2.69. The van der Waals surface area contributed by atoms with E-state index in [0.717, 1.165) is 5.56 Å². The van der Waals surface area contributed by atoms with E-state index in [2.05, 4.69) is 0 Å². The maximum atomic E-state index is 13.0. The Morgan fingerprint density at radius 3 is 2.88 bits per heavy atom. The Kier molecular flexibility index (Phi) is 3.23. The Labute approximate surface area is 98.5 Å². The first-order valence-corrected chi connectivity index (χ1v) is 5.19. The number of hydrogen-bond acceptors (Lipinski definition) is 2. The summed E-state index contributed by atoms with van der Waals surface area (Å²) in [6.45, 7) is 0.436. The van der Waals surface area contributed by atoms with Gasteiger partial charge in [0.05, 0.1) is 12.5 Å². The molecule has 1 aromatic heterocycles. The topological polar surface area (TPSA) is 33.5 Å². The second kappa shape index (κ2) is 4.82. The maximum absolute atomic E-state index is 13.0. The summed E-state index contributed by atoms with van der Waals surface area (Å²) in [5.41, 5.74) is 1.24. The van der Waals surface area contributed by atoms with Crippen molar-refractivity contribution >= 4 is 5.91 Å². The van der Waals surface area contributed by atoms with Gasteiger partial charge in [0.15, 0.2) is 0 Å². The van der Waals surface area contributed by atoms with Gasteiger partial charge < -0.3 is 9.32 Å². The monoisotopic (exact) mass is 233 g/mol. The normalized spacial score (nSPS) is 10.2. The molecule has 4 heteroatoms. The van der Waals surface area contributed by atoms with Crippen LogP contribution in [0.5, 0.6) is 0 Å². The zero-order valence-corrected chi connectivity index (χ0v) is 9.39. The van der Waals surface area contributed by atoms with Crippen molar-refractivity contribution in [2.75, 3.05) is 7.05 Å². The highest BCUT2D eigenvalue weighted by Crippen LogP contribution is 2.10. The summed E-state index contributed by atoms with van der Waals surface area (Å²) >= 11 is 0. The molecule has 0 aliphatic heterocycles. The van der Waals surface area contributed by atoms with Gasteiger partial charge in [0.1, 0.15) is 5.82 Å². The van der Waals surface area contributed by atoms with Crippen LogP contribution >= 0.6 is 0 Å². The molecule has 0 aliphatic rings. The van der Waals surface area contributed by atoms with Gasteiger partial charge in [-0.15, -0.1) is 0 Å². The van der Waals surface area contributed by atoms with Gasteiger partial charge >= 0.3 is 0 Å². The highest BCUT2D eigenvalue weighted by atomic mass is 19.1. The first-order valence-electron chi connectivity index (χ1n) is 5.19. The van der Waals surface area contributed by atoms with Crippen LogP contribution in [0.1, 0.15) is 15.9 Å². The third-order valence-electron chi connectivity index (χ3n) is 2.42.